The van der Waals surface area contributed by atoms with Crippen molar-refractivity contribution >= 4 is 23.2 Å². The molecular formula is C11H13ClN2O5. The van der Waals surface area contributed by atoms with E-state index in [1.54, 1.807) is 0 Å². The van der Waals surface area contributed by atoms with Crippen molar-refractivity contribution in [2.24, 2.45) is 0 Å². The van der Waals surface area contributed by atoms with Crippen LogP contribution in [0.4, 0.5) is 5.69 Å². The molecule has 0 spiro atoms. The third-order valence-corrected chi connectivity index (χ3v) is 2.49. The predicted molar refractivity (Wildman–Crippen MR) is 68.3 cm³/mol. The van der Waals surface area contributed by atoms with E-state index in [1.807, 2.05) is 0 Å². The lowest BCUT2D eigenvalue weighted by atomic mass is 10.2. The van der Waals surface area contributed by atoms with Crippen molar-refractivity contribution in [2.45, 2.75) is 0 Å². The third kappa shape index (κ3) is 4.82. The highest BCUT2D eigenvalue weighted by molar-refractivity contribution is 6.34. The molecule has 0 aliphatic carbocycles. The lowest BCUT2D eigenvalue weighted by Gasteiger charge is -2.07. The summed E-state index contributed by atoms with van der Waals surface area (Å²) in [6, 6.07) is 3.63. The van der Waals surface area contributed by atoms with Crippen molar-refractivity contribution < 1.29 is 19.6 Å². The summed E-state index contributed by atoms with van der Waals surface area (Å²) >= 11 is 5.80. The second-order valence-electron chi connectivity index (χ2n) is 3.51. The molecule has 0 bridgehead atoms. The van der Waals surface area contributed by atoms with Gasteiger partial charge in [0.1, 0.15) is 0 Å². The van der Waals surface area contributed by atoms with Crippen molar-refractivity contribution in [2.75, 3.05) is 26.4 Å². The van der Waals surface area contributed by atoms with Crippen LogP contribution in [0.2, 0.25) is 5.02 Å². The largest absolute Gasteiger partial charge is 0.394 e. The van der Waals surface area contributed by atoms with Gasteiger partial charge in [-0.25, -0.2) is 0 Å². The molecule has 19 heavy (non-hydrogen) atoms. The molecule has 104 valence electrons. The average molecular weight is 289 g/mol. The SMILES string of the molecule is O=C(NCCOCCO)c1ccc([N+](=O)[O-])cc1Cl. The summed E-state index contributed by atoms with van der Waals surface area (Å²) in [6.07, 6.45) is 0. The van der Waals surface area contributed by atoms with Crippen LogP contribution < -0.4 is 5.32 Å². The van der Waals surface area contributed by atoms with Gasteiger partial charge in [-0.05, 0) is 6.07 Å². The second kappa shape index (κ2) is 7.67. The summed E-state index contributed by atoms with van der Waals surface area (Å²) in [6.45, 7) is 0.638. The quantitative estimate of drug-likeness (QED) is 0.442. The molecule has 0 radical (unpaired) electrons. The van der Waals surface area contributed by atoms with Crippen LogP contribution in [0.25, 0.3) is 0 Å². The van der Waals surface area contributed by atoms with Gasteiger partial charge in [0.15, 0.2) is 0 Å². The Kier molecular flexibility index (Phi) is 6.20. The zero-order chi connectivity index (χ0) is 14.3. The van der Waals surface area contributed by atoms with E-state index >= 15 is 0 Å². The Morgan fingerprint density at radius 3 is 2.79 bits per heavy atom. The summed E-state index contributed by atoms with van der Waals surface area (Å²) in [4.78, 5) is 21.6. The van der Waals surface area contributed by atoms with Crippen LogP contribution in [0.15, 0.2) is 18.2 Å². The van der Waals surface area contributed by atoms with Crippen molar-refractivity contribution in [3.05, 3.63) is 38.9 Å². The number of nitro groups is 1. The summed E-state index contributed by atoms with van der Waals surface area (Å²) < 4.78 is 4.96. The first kappa shape index (κ1) is 15.4. The van der Waals surface area contributed by atoms with E-state index in [9.17, 15) is 14.9 Å². The molecule has 0 unspecified atom stereocenters. The van der Waals surface area contributed by atoms with Crippen LogP contribution in [-0.4, -0.2) is 42.3 Å². The van der Waals surface area contributed by atoms with Gasteiger partial charge in [-0.1, -0.05) is 11.6 Å². The number of halogens is 1. The number of nitro benzene ring substituents is 1. The lowest BCUT2D eigenvalue weighted by Crippen LogP contribution is -2.27. The Bertz CT molecular complexity index is 466. The van der Waals surface area contributed by atoms with Crippen molar-refractivity contribution in [3.8, 4) is 0 Å². The van der Waals surface area contributed by atoms with Crippen molar-refractivity contribution in [3.63, 3.8) is 0 Å². The van der Waals surface area contributed by atoms with E-state index in [-0.39, 0.29) is 42.6 Å². The van der Waals surface area contributed by atoms with Gasteiger partial charge in [0.2, 0.25) is 0 Å². The standard InChI is InChI=1S/C11H13ClN2O5/c12-10-7-8(14(17)18)1-2-9(10)11(16)13-3-5-19-6-4-15/h1-2,7,15H,3-6H2,(H,13,16). The van der Waals surface area contributed by atoms with E-state index in [4.69, 9.17) is 21.4 Å². The number of nitrogens with one attached hydrogen (secondary N) is 1. The second-order valence-corrected chi connectivity index (χ2v) is 3.92. The van der Waals surface area contributed by atoms with Crippen LogP contribution in [0.3, 0.4) is 0 Å². The number of hydrogen-bond donors (Lipinski definition) is 2. The Hall–Kier alpha value is -1.70. The van der Waals surface area contributed by atoms with E-state index in [0.29, 0.717) is 0 Å². The van der Waals surface area contributed by atoms with Gasteiger partial charge in [-0.2, -0.15) is 0 Å². The molecule has 7 nitrogen and oxygen atoms in total. The van der Waals surface area contributed by atoms with E-state index in [1.165, 1.54) is 12.1 Å². The molecule has 0 aliphatic heterocycles. The number of nitrogens with zero attached hydrogens (tertiary/aromatic N) is 1. The highest BCUT2D eigenvalue weighted by Crippen LogP contribution is 2.22. The first-order valence-electron chi connectivity index (χ1n) is 5.47. The predicted octanol–water partition coefficient (Wildman–Crippen LogP) is 0.987. The molecular weight excluding hydrogens is 276 g/mol. The van der Waals surface area contributed by atoms with Gasteiger partial charge in [0, 0.05) is 18.7 Å². The fourth-order valence-electron chi connectivity index (χ4n) is 1.30. The molecule has 0 aromatic heterocycles. The molecule has 1 aromatic carbocycles. The van der Waals surface area contributed by atoms with Crippen LogP contribution in [0, 0.1) is 10.1 Å². The smallest absolute Gasteiger partial charge is 0.270 e. The van der Waals surface area contributed by atoms with Crippen LogP contribution in [-0.2, 0) is 4.74 Å². The van der Waals surface area contributed by atoms with Crippen LogP contribution in [0.1, 0.15) is 10.4 Å². The number of carbonyl (C=O) groups is 1. The van der Waals surface area contributed by atoms with E-state index in [0.717, 1.165) is 6.07 Å². The Morgan fingerprint density at radius 2 is 2.21 bits per heavy atom. The molecule has 1 rings (SSSR count). The monoisotopic (exact) mass is 288 g/mol. The molecule has 0 heterocycles. The Labute approximate surface area is 114 Å². The zero-order valence-corrected chi connectivity index (χ0v) is 10.7. The molecule has 0 atom stereocenters. The number of benzene rings is 1. The van der Waals surface area contributed by atoms with Crippen LogP contribution in [0.5, 0.6) is 0 Å². The summed E-state index contributed by atoms with van der Waals surface area (Å²) in [5.41, 5.74) is -0.0118. The molecule has 0 saturated heterocycles. The third-order valence-electron chi connectivity index (χ3n) is 2.18. The average Bonchev–Trinajstić information content (AvgIpc) is 2.38. The highest BCUT2D eigenvalue weighted by atomic mass is 35.5. The number of aliphatic hydroxyl groups is 1. The fraction of sp³-hybridized carbons (Fsp3) is 0.364. The van der Waals surface area contributed by atoms with E-state index < -0.39 is 10.8 Å². The number of rotatable bonds is 7. The van der Waals surface area contributed by atoms with Gasteiger partial charge in [0.25, 0.3) is 11.6 Å². The number of ether oxygens (including phenoxy) is 1. The topological polar surface area (TPSA) is 102 Å². The maximum Gasteiger partial charge on any atom is 0.270 e. The molecule has 0 aliphatic rings. The van der Waals surface area contributed by atoms with Gasteiger partial charge < -0.3 is 15.2 Å². The molecule has 2 N–H and O–H groups in total. The minimum Gasteiger partial charge on any atom is -0.394 e. The molecule has 0 fully saturated rings. The molecule has 1 amide bonds. The molecule has 1 aromatic rings. The van der Waals surface area contributed by atoms with Crippen LogP contribution >= 0.6 is 11.6 Å². The number of non-ortho nitro benzene ring substituents is 1. The number of hydrogen-bond acceptors (Lipinski definition) is 5. The first-order chi connectivity index (χ1) is 9.06. The normalized spacial score (nSPS) is 10.2. The summed E-state index contributed by atoms with van der Waals surface area (Å²) in [5.74, 6) is -0.438. The summed E-state index contributed by atoms with van der Waals surface area (Å²) in [5, 5.41) is 21.6. The Balaban J connectivity index is 2.55. The van der Waals surface area contributed by atoms with Gasteiger partial charge in [0.05, 0.1) is 35.3 Å². The van der Waals surface area contributed by atoms with Crippen molar-refractivity contribution in [1.29, 1.82) is 0 Å². The maximum atomic E-state index is 11.7. The minimum atomic E-state index is -0.587. The Morgan fingerprint density at radius 1 is 1.47 bits per heavy atom. The first-order valence-corrected chi connectivity index (χ1v) is 5.84. The summed E-state index contributed by atoms with van der Waals surface area (Å²) in [7, 11) is 0. The zero-order valence-electron chi connectivity index (χ0n) is 9.97. The minimum absolute atomic E-state index is 0.0166. The lowest BCUT2D eigenvalue weighted by molar-refractivity contribution is -0.384. The molecule has 0 saturated carbocycles. The number of carbonyl (C=O) groups excluding carboxylic acids is 1. The maximum absolute atomic E-state index is 11.7. The van der Waals surface area contributed by atoms with Gasteiger partial charge in [-0.3, -0.25) is 14.9 Å². The highest BCUT2D eigenvalue weighted by Gasteiger charge is 2.14. The van der Waals surface area contributed by atoms with Crippen molar-refractivity contribution in [1.82, 2.24) is 5.32 Å². The van der Waals surface area contributed by atoms with E-state index in [2.05, 4.69) is 5.32 Å². The molecule has 8 heteroatoms. The van der Waals surface area contributed by atoms with Gasteiger partial charge >= 0.3 is 0 Å². The fourth-order valence-corrected chi connectivity index (χ4v) is 1.56. The number of amides is 1. The van der Waals surface area contributed by atoms with Gasteiger partial charge in [-0.15, -0.1) is 0 Å². The number of aliphatic hydroxyl groups excluding tert-OH is 1.